The van der Waals surface area contributed by atoms with Gasteiger partial charge in [0.05, 0.1) is 0 Å². The van der Waals surface area contributed by atoms with Crippen LogP contribution in [0.2, 0.25) is 0 Å². The van der Waals surface area contributed by atoms with Gasteiger partial charge in [0.15, 0.2) is 0 Å². The average Bonchev–Trinajstić information content (AvgIpc) is 2.76. The zero-order chi connectivity index (χ0) is 22.2. The van der Waals surface area contributed by atoms with E-state index in [1.807, 2.05) is 0 Å². The largest absolute Gasteiger partial charge is 0.473 e. The van der Waals surface area contributed by atoms with Gasteiger partial charge in [0.2, 0.25) is 0 Å². The fourth-order valence-corrected chi connectivity index (χ4v) is 3.85. The lowest BCUT2D eigenvalue weighted by Crippen LogP contribution is -2.45. The Morgan fingerprint density at radius 1 is 0.774 bits per heavy atom. The monoisotopic (exact) mass is 420 g/mol. The van der Waals surface area contributed by atoms with Crippen molar-refractivity contribution >= 4 is 22.7 Å². The Balaban J connectivity index is 0.000000401. The van der Waals surface area contributed by atoms with Crippen LogP contribution in [0.25, 0.3) is 10.8 Å². The number of aryl methyl sites for hydroxylation is 1. The molecule has 0 amide bonds. The Labute approximate surface area is 182 Å². The summed E-state index contributed by atoms with van der Waals surface area (Å²) < 4.78 is 0. The van der Waals surface area contributed by atoms with E-state index in [0.717, 1.165) is 39.3 Å². The summed E-state index contributed by atoms with van der Waals surface area (Å²) in [5.41, 5.74) is 4.24. The third-order valence-electron chi connectivity index (χ3n) is 5.41. The van der Waals surface area contributed by atoms with Crippen molar-refractivity contribution in [2.24, 2.45) is 0 Å². The number of carboxylic acid groups (broad SMARTS) is 2. The van der Waals surface area contributed by atoms with Crippen molar-refractivity contribution in [2.45, 2.75) is 20.0 Å². The molecule has 1 aliphatic heterocycles. The molecule has 6 nitrogen and oxygen atoms in total. The van der Waals surface area contributed by atoms with Crippen molar-refractivity contribution in [1.82, 2.24) is 9.80 Å². The fourth-order valence-electron chi connectivity index (χ4n) is 3.85. The standard InChI is InChI=1S/C23H26N2.C2H2O4/c1-19-6-4-7-20(16-19)17-24-12-14-25(15-13-24)18-22-10-5-9-21-8-2-3-11-23(21)22;3-1(4)2(5)6/h2-11,16H,12-15,17-18H2,1H3;(H,3,4)(H,5,6). The Bertz CT molecular complexity index is 1030. The number of carbonyl (C=O) groups is 2. The number of piperazine rings is 1. The number of aliphatic carboxylic acids is 2. The van der Waals surface area contributed by atoms with Gasteiger partial charge in [-0.05, 0) is 28.8 Å². The predicted molar refractivity (Wildman–Crippen MR) is 121 cm³/mol. The Morgan fingerprint density at radius 2 is 1.35 bits per heavy atom. The topological polar surface area (TPSA) is 81.1 Å². The lowest BCUT2D eigenvalue weighted by atomic mass is 10.0. The van der Waals surface area contributed by atoms with Crippen LogP contribution < -0.4 is 0 Å². The molecule has 6 heteroatoms. The Morgan fingerprint density at radius 3 is 2.00 bits per heavy atom. The van der Waals surface area contributed by atoms with Gasteiger partial charge in [-0.15, -0.1) is 0 Å². The smallest absolute Gasteiger partial charge is 0.414 e. The molecule has 0 atom stereocenters. The summed E-state index contributed by atoms with van der Waals surface area (Å²) in [6, 6.07) is 24.3. The highest BCUT2D eigenvalue weighted by Crippen LogP contribution is 2.21. The van der Waals surface area contributed by atoms with Gasteiger partial charge in [0, 0.05) is 39.3 Å². The van der Waals surface area contributed by atoms with Crippen LogP contribution in [0.3, 0.4) is 0 Å². The van der Waals surface area contributed by atoms with E-state index in [4.69, 9.17) is 19.8 Å². The molecule has 0 saturated carbocycles. The SMILES string of the molecule is Cc1cccc(CN2CCN(Cc3cccc4ccccc34)CC2)c1.O=C(O)C(=O)O. The summed E-state index contributed by atoms with van der Waals surface area (Å²) in [5, 5.41) is 17.5. The predicted octanol–water partition coefficient (Wildman–Crippen LogP) is 3.62. The molecule has 2 N–H and O–H groups in total. The van der Waals surface area contributed by atoms with E-state index in [-0.39, 0.29) is 0 Å². The first kappa shape index (κ1) is 22.5. The van der Waals surface area contributed by atoms with Crippen LogP contribution in [0.1, 0.15) is 16.7 Å². The third kappa shape index (κ3) is 6.64. The van der Waals surface area contributed by atoms with Crippen molar-refractivity contribution < 1.29 is 19.8 Å². The van der Waals surface area contributed by atoms with Crippen molar-refractivity contribution in [3.63, 3.8) is 0 Å². The molecule has 3 aromatic carbocycles. The van der Waals surface area contributed by atoms with Gasteiger partial charge in [-0.1, -0.05) is 72.3 Å². The van der Waals surface area contributed by atoms with Gasteiger partial charge in [-0.3, -0.25) is 9.80 Å². The van der Waals surface area contributed by atoms with E-state index in [0.29, 0.717) is 0 Å². The summed E-state index contributed by atoms with van der Waals surface area (Å²) in [6.07, 6.45) is 0. The molecular weight excluding hydrogens is 392 g/mol. The van der Waals surface area contributed by atoms with Crippen molar-refractivity contribution in [2.75, 3.05) is 26.2 Å². The first-order valence-corrected chi connectivity index (χ1v) is 10.4. The molecule has 1 heterocycles. The van der Waals surface area contributed by atoms with Crippen molar-refractivity contribution in [3.8, 4) is 0 Å². The van der Waals surface area contributed by atoms with Crippen LogP contribution in [0.15, 0.2) is 66.7 Å². The van der Waals surface area contributed by atoms with E-state index in [1.54, 1.807) is 0 Å². The zero-order valence-electron chi connectivity index (χ0n) is 17.7. The van der Waals surface area contributed by atoms with Gasteiger partial charge >= 0.3 is 11.9 Å². The fraction of sp³-hybridized carbons (Fsp3) is 0.280. The summed E-state index contributed by atoms with van der Waals surface area (Å²) in [6.45, 7) is 8.90. The Kier molecular flexibility index (Phi) is 7.76. The highest BCUT2D eigenvalue weighted by molar-refractivity contribution is 6.27. The number of fused-ring (bicyclic) bond motifs is 1. The molecule has 1 saturated heterocycles. The highest BCUT2D eigenvalue weighted by atomic mass is 16.4. The van der Waals surface area contributed by atoms with Crippen LogP contribution in [0, 0.1) is 6.92 Å². The molecule has 3 aromatic rings. The molecule has 0 bridgehead atoms. The number of benzene rings is 3. The maximum atomic E-state index is 9.10. The molecule has 0 aliphatic carbocycles. The second kappa shape index (κ2) is 10.7. The maximum absolute atomic E-state index is 9.10. The molecule has 0 spiro atoms. The van der Waals surface area contributed by atoms with Crippen molar-refractivity contribution in [3.05, 3.63) is 83.4 Å². The molecule has 0 unspecified atom stereocenters. The summed E-state index contributed by atoms with van der Waals surface area (Å²) in [7, 11) is 0. The van der Waals surface area contributed by atoms with Crippen LogP contribution in [-0.4, -0.2) is 58.1 Å². The van der Waals surface area contributed by atoms with E-state index in [2.05, 4.69) is 83.5 Å². The van der Waals surface area contributed by atoms with E-state index >= 15 is 0 Å². The van der Waals surface area contributed by atoms with Crippen LogP contribution in [-0.2, 0) is 22.7 Å². The molecule has 162 valence electrons. The number of nitrogens with zero attached hydrogens (tertiary/aromatic N) is 2. The first-order chi connectivity index (χ1) is 14.9. The van der Waals surface area contributed by atoms with Gasteiger partial charge < -0.3 is 10.2 Å². The highest BCUT2D eigenvalue weighted by Gasteiger charge is 2.17. The number of carboxylic acids is 2. The van der Waals surface area contributed by atoms with Gasteiger partial charge in [-0.2, -0.15) is 0 Å². The summed E-state index contributed by atoms with van der Waals surface area (Å²) in [4.78, 5) is 23.4. The second-order valence-electron chi connectivity index (χ2n) is 7.79. The zero-order valence-corrected chi connectivity index (χ0v) is 17.7. The molecule has 0 aromatic heterocycles. The van der Waals surface area contributed by atoms with Gasteiger partial charge in [-0.25, -0.2) is 9.59 Å². The minimum absolute atomic E-state index is 1.06. The van der Waals surface area contributed by atoms with Crippen LogP contribution in [0.4, 0.5) is 0 Å². The van der Waals surface area contributed by atoms with Gasteiger partial charge in [0.25, 0.3) is 0 Å². The van der Waals surface area contributed by atoms with E-state index in [9.17, 15) is 0 Å². The van der Waals surface area contributed by atoms with Crippen LogP contribution in [0.5, 0.6) is 0 Å². The quantitative estimate of drug-likeness (QED) is 0.628. The molecular formula is C25H28N2O4. The lowest BCUT2D eigenvalue weighted by Gasteiger charge is -2.35. The maximum Gasteiger partial charge on any atom is 0.414 e. The normalized spacial score (nSPS) is 14.6. The summed E-state index contributed by atoms with van der Waals surface area (Å²) >= 11 is 0. The van der Waals surface area contributed by atoms with Crippen molar-refractivity contribution in [1.29, 1.82) is 0 Å². The average molecular weight is 421 g/mol. The lowest BCUT2D eigenvalue weighted by molar-refractivity contribution is -0.159. The molecule has 31 heavy (non-hydrogen) atoms. The molecule has 1 aliphatic rings. The van der Waals surface area contributed by atoms with E-state index in [1.165, 1.54) is 27.5 Å². The number of hydrogen-bond acceptors (Lipinski definition) is 4. The first-order valence-electron chi connectivity index (χ1n) is 10.4. The number of hydrogen-bond donors (Lipinski definition) is 2. The number of rotatable bonds is 4. The second-order valence-corrected chi connectivity index (χ2v) is 7.79. The van der Waals surface area contributed by atoms with Gasteiger partial charge in [0.1, 0.15) is 0 Å². The Hall–Kier alpha value is -3.22. The molecule has 4 rings (SSSR count). The minimum atomic E-state index is -1.82. The molecule has 0 radical (unpaired) electrons. The van der Waals surface area contributed by atoms with Crippen LogP contribution >= 0.6 is 0 Å². The minimum Gasteiger partial charge on any atom is -0.473 e. The van der Waals surface area contributed by atoms with E-state index < -0.39 is 11.9 Å². The third-order valence-corrected chi connectivity index (χ3v) is 5.41. The summed E-state index contributed by atoms with van der Waals surface area (Å²) in [5.74, 6) is -3.65. The molecule has 1 fully saturated rings.